The molecule has 1 aromatic heterocycles. The third kappa shape index (κ3) is 3.38. The van der Waals surface area contributed by atoms with Gasteiger partial charge in [-0.05, 0) is 40.9 Å². The summed E-state index contributed by atoms with van der Waals surface area (Å²) in [5.41, 5.74) is 2.39. The summed E-state index contributed by atoms with van der Waals surface area (Å²) in [7, 11) is 1.62. The maximum Gasteiger partial charge on any atom is 0.139 e. The minimum absolute atomic E-state index is 0.635. The lowest BCUT2D eigenvalue weighted by molar-refractivity contribution is 0.415. The summed E-state index contributed by atoms with van der Waals surface area (Å²) < 4.78 is 5.17. The number of methoxy groups -OCH3 is 1. The van der Waals surface area contributed by atoms with Gasteiger partial charge in [0, 0.05) is 18.3 Å². The zero-order valence-corrected chi connectivity index (χ0v) is 11.1. The van der Waals surface area contributed by atoms with Gasteiger partial charge in [0.05, 0.1) is 12.1 Å². The second kappa shape index (κ2) is 5.94. The predicted molar refractivity (Wildman–Crippen MR) is 74.5 cm³/mol. The topological polar surface area (TPSA) is 21.3 Å². The Hall–Kier alpha value is -1.19. The van der Waals surface area contributed by atoms with Gasteiger partial charge < -0.3 is 10.1 Å². The SMILES string of the molecule is COc1cc(NCCc2ccsc2)ccc1Cl. The first kappa shape index (κ1) is 12.3. The van der Waals surface area contributed by atoms with Crippen molar-refractivity contribution in [3.63, 3.8) is 0 Å². The average Bonchev–Trinajstić information content (AvgIpc) is 2.84. The van der Waals surface area contributed by atoms with Crippen molar-refractivity contribution in [1.29, 1.82) is 0 Å². The number of anilines is 1. The van der Waals surface area contributed by atoms with Crippen LogP contribution in [0.3, 0.4) is 0 Å². The van der Waals surface area contributed by atoms with Gasteiger partial charge in [0.1, 0.15) is 5.75 Å². The summed E-state index contributed by atoms with van der Waals surface area (Å²) in [6.07, 6.45) is 1.02. The van der Waals surface area contributed by atoms with Crippen LogP contribution in [0.5, 0.6) is 5.75 Å². The molecule has 0 atom stereocenters. The first-order chi connectivity index (χ1) is 8.29. The molecule has 0 saturated carbocycles. The molecule has 0 saturated heterocycles. The van der Waals surface area contributed by atoms with Gasteiger partial charge in [0.2, 0.25) is 0 Å². The number of thiophene rings is 1. The van der Waals surface area contributed by atoms with Gasteiger partial charge in [0.25, 0.3) is 0 Å². The van der Waals surface area contributed by atoms with Gasteiger partial charge in [-0.2, -0.15) is 11.3 Å². The van der Waals surface area contributed by atoms with Crippen LogP contribution in [0, 0.1) is 0 Å². The van der Waals surface area contributed by atoms with Crippen LogP contribution in [0.25, 0.3) is 0 Å². The van der Waals surface area contributed by atoms with Crippen molar-refractivity contribution >= 4 is 28.6 Å². The lowest BCUT2D eigenvalue weighted by Gasteiger charge is -2.08. The molecule has 1 aromatic carbocycles. The molecule has 1 N–H and O–H groups in total. The van der Waals surface area contributed by atoms with Crippen LogP contribution >= 0.6 is 22.9 Å². The molecular formula is C13H14ClNOS. The molecule has 0 bridgehead atoms. The molecule has 17 heavy (non-hydrogen) atoms. The van der Waals surface area contributed by atoms with E-state index in [2.05, 4.69) is 22.1 Å². The summed E-state index contributed by atoms with van der Waals surface area (Å²) in [6, 6.07) is 7.86. The summed E-state index contributed by atoms with van der Waals surface area (Å²) in [5, 5.41) is 8.25. The summed E-state index contributed by atoms with van der Waals surface area (Å²) in [6.45, 7) is 0.904. The fraction of sp³-hybridized carbons (Fsp3) is 0.231. The largest absolute Gasteiger partial charge is 0.495 e. The van der Waals surface area contributed by atoms with Gasteiger partial charge in [-0.25, -0.2) is 0 Å². The molecule has 2 rings (SSSR count). The van der Waals surface area contributed by atoms with Crippen LogP contribution in [-0.4, -0.2) is 13.7 Å². The zero-order chi connectivity index (χ0) is 12.1. The minimum Gasteiger partial charge on any atom is -0.495 e. The highest BCUT2D eigenvalue weighted by Gasteiger charge is 2.01. The number of hydrogen-bond acceptors (Lipinski definition) is 3. The predicted octanol–water partition coefficient (Wildman–Crippen LogP) is 4.06. The number of benzene rings is 1. The number of ether oxygens (including phenoxy) is 1. The second-order valence-corrected chi connectivity index (χ2v) is 4.84. The number of nitrogens with one attached hydrogen (secondary N) is 1. The molecular weight excluding hydrogens is 254 g/mol. The van der Waals surface area contributed by atoms with Crippen molar-refractivity contribution in [1.82, 2.24) is 0 Å². The lowest BCUT2D eigenvalue weighted by atomic mass is 10.2. The molecule has 0 radical (unpaired) electrons. The van der Waals surface area contributed by atoms with Crippen molar-refractivity contribution in [3.8, 4) is 5.75 Å². The van der Waals surface area contributed by atoms with Gasteiger partial charge in [-0.15, -0.1) is 0 Å². The molecule has 0 amide bonds. The Morgan fingerprint density at radius 2 is 2.24 bits per heavy atom. The summed E-state index contributed by atoms with van der Waals surface area (Å²) >= 11 is 7.69. The molecule has 0 aliphatic heterocycles. The first-order valence-electron chi connectivity index (χ1n) is 5.38. The maximum atomic E-state index is 5.96. The quantitative estimate of drug-likeness (QED) is 0.882. The molecule has 90 valence electrons. The standard InChI is InChI=1S/C13H14ClNOS/c1-16-13-8-11(2-3-12(13)14)15-6-4-10-5-7-17-9-10/h2-3,5,7-9,15H,4,6H2,1H3. The van der Waals surface area contributed by atoms with Crippen molar-refractivity contribution in [2.75, 3.05) is 19.0 Å². The van der Waals surface area contributed by atoms with Gasteiger partial charge in [-0.3, -0.25) is 0 Å². The van der Waals surface area contributed by atoms with Crippen LogP contribution in [0.15, 0.2) is 35.0 Å². The summed E-state index contributed by atoms with van der Waals surface area (Å²) in [4.78, 5) is 0. The van der Waals surface area contributed by atoms with Crippen LogP contribution in [0.4, 0.5) is 5.69 Å². The molecule has 0 fully saturated rings. The fourth-order valence-electron chi connectivity index (χ4n) is 1.56. The molecule has 0 aliphatic rings. The highest BCUT2D eigenvalue weighted by molar-refractivity contribution is 7.07. The maximum absolute atomic E-state index is 5.96. The fourth-order valence-corrected chi connectivity index (χ4v) is 2.45. The first-order valence-corrected chi connectivity index (χ1v) is 6.70. The van der Waals surface area contributed by atoms with Gasteiger partial charge in [-0.1, -0.05) is 11.6 Å². The Morgan fingerprint density at radius 3 is 2.94 bits per heavy atom. The molecule has 0 aliphatic carbocycles. The Bertz CT molecular complexity index is 470. The molecule has 1 heterocycles. The monoisotopic (exact) mass is 267 g/mol. The Morgan fingerprint density at radius 1 is 1.35 bits per heavy atom. The van der Waals surface area contributed by atoms with Crippen LogP contribution in [0.1, 0.15) is 5.56 Å². The highest BCUT2D eigenvalue weighted by Crippen LogP contribution is 2.27. The minimum atomic E-state index is 0.635. The number of rotatable bonds is 5. The molecule has 2 aromatic rings. The lowest BCUT2D eigenvalue weighted by Crippen LogP contribution is -2.04. The third-order valence-corrected chi connectivity index (χ3v) is 3.52. The zero-order valence-electron chi connectivity index (χ0n) is 9.57. The van der Waals surface area contributed by atoms with Crippen molar-refractivity contribution < 1.29 is 4.74 Å². The van der Waals surface area contributed by atoms with E-state index in [4.69, 9.17) is 16.3 Å². The van der Waals surface area contributed by atoms with Crippen molar-refractivity contribution in [2.45, 2.75) is 6.42 Å². The van der Waals surface area contributed by atoms with E-state index in [0.717, 1.165) is 18.7 Å². The van der Waals surface area contributed by atoms with E-state index < -0.39 is 0 Å². The number of halogens is 1. The second-order valence-electron chi connectivity index (χ2n) is 3.66. The third-order valence-electron chi connectivity index (χ3n) is 2.47. The van der Waals surface area contributed by atoms with Crippen molar-refractivity contribution in [3.05, 3.63) is 45.6 Å². The van der Waals surface area contributed by atoms with Crippen LogP contribution in [0.2, 0.25) is 5.02 Å². The Kier molecular flexibility index (Phi) is 4.29. The Labute approximate surface area is 110 Å². The molecule has 0 spiro atoms. The van der Waals surface area contributed by atoms with E-state index in [1.165, 1.54) is 5.56 Å². The van der Waals surface area contributed by atoms with E-state index in [1.807, 2.05) is 18.2 Å². The van der Waals surface area contributed by atoms with E-state index in [-0.39, 0.29) is 0 Å². The van der Waals surface area contributed by atoms with Gasteiger partial charge >= 0.3 is 0 Å². The van der Waals surface area contributed by atoms with Gasteiger partial charge in [0.15, 0.2) is 0 Å². The highest BCUT2D eigenvalue weighted by atomic mass is 35.5. The molecule has 2 nitrogen and oxygen atoms in total. The Balaban J connectivity index is 1.90. The smallest absolute Gasteiger partial charge is 0.139 e. The molecule has 4 heteroatoms. The van der Waals surface area contributed by atoms with Crippen LogP contribution < -0.4 is 10.1 Å². The normalized spacial score (nSPS) is 10.2. The van der Waals surface area contributed by atoms with E-state index in [0.29, 0.717) is 10.8 Å². The summed E-state index contributed by atoms with van der Waals surface area (Å²) in [5.74, 6) is 0.701. The van der Waals surface area contributed by atoms with Crippen molar-refractivity contribution in [2.24, 2.45) is 0 Å². The van der Waals surface area contributed by atoms with E-state index in [9.17, 15) is 0 Å². The van der Waals surface area contributed by atoms with E-state index in [1.54, 1.807) is 18.4 Å². The molecule has 0 unspecified atom stereocenters. The number of hydrogen-bond donors (Lipinski definition) is 1. The van der Waals surface area contributed by atoms with E-state index >= 15 is 0 Å². The average molecular weight is 268 g/mol. The van der Waals surface area contributed by atoms with Crippen LogP contribution in [-0.2, 0) is 6.42 Å².